The molecular formula is C10H18FNO. The number of carbonyl (C=O) groups excluding carboxylic acids is 1. The number of halogens is 1. The summed E-state index contributed by atoms with van der Waals surface area (Å²) in [5, 5.41) is 0. The normalized spacial score (nSPS) is 29.5. The van der Waals surface area contributed by atoms with Gasteiger partial charge in [-0.3, -0.25) is 4.79 Å². The van der Waals surface area contributed by atoms with Gasteiger partial charge in [-0.25, -0.2) is 4.39 Å². The molecule has 1 fully saturated rings. The Morgan fingerprint density at radius 3 is 2.62 bits per heavy atom. The van der Waals surface area contributed by atoms with Gasteiger partial charge in [0.1, 0.15) is 5.67 Å². The third-order valence-electron chi connectivity index (χ3n) is 2.95. The van der Waals surface area contributed by atoms with Gasteiger partial charge in [0.25, 0.3) is 0 Å². The summed E-state index contributed by atoms with van der Waals surface area (Å²) in [6.07, 6.45) is 1.38. The Labute approximate surface area is 79.1 Å². The summed E-state index contributed by atoms with van der Waals surface area (Å²) in [5.74, 6) is -0.0166. The van der Waals surface area contributed by atoms with Gasteiger partial charge < -0.3 is 4.90 Å². The molecule has 1 aliphatic heterocycles. The van der Waals surface area contributed by atoms with E-state index in [1.165, 1.54) is 6.92 Å². The van der Waals surface area contributed by atoms with E-state index in [9.17, 15) is 9.18 Å². The molecule has 0 N–H and O–H groups in total. The monoisotopic (exact) mass is 187 g/mol. The van der Waals surface area contributed by atoms with Crippen LogP contribution in [0.2, 0.25) is 0 Å². The molecule has 0 bridgehead atoms. The number of hydrogen-bond acceptors (Lipinski definition) is 1. The number of carbonyl (C=O) groups is 1. The maximum Gasteiger partial charge on any atom is 0.219 e. The van der Waals surface area contributed by atoms with E-state index in [2.05, 4.69) is 0 Å². The highest BCUT2D eigenvalue weighted by Crippen LogP contribution is 2.32. The van der Waals surface area contributed by atoms with Gasteiger partial charge in [-0.05, 0) is 18.8 Å². The van der Waals surface area contributed by atoms with E-state index in [-0.39, 0.29) is 18.4 Å². The summed E-state index contributed by atoms with van der Waals surface area (Å²) in [6.45, 7) is 6.26. The van der Waals surface area contributed by atoms with Crippen LogP contribution in [-0.2, 0) is 4.79 Å². The zero-order valence-electron chi connectivity index (χ0n) is 8.64. The summed E-state index contributed by atoms with van der Waals surface area (Å²) in [6, 6.07) is 0. The van der Waals surface area contributed by atoms with Crippen LogP contribution in [0.25, 0.3) is 0 Å². The van der Waals surface area contributed by atoms with Crippen LogP contribution >= 0.6 is 0 Å². The van der Waals surface area contributed by atoms with E-state index in [4.69, 9.17) is 0 Å². The van der Waals surface area contributed by atoms with Crippen molar-refractivity contribution >= 4 is 5.91 Å². The Morgan fingerprint density at radius 2 is 2.15 bits per heavy atom. The van der Waals surface area contributed by atoms with E-state index in [1.54, 1.807) is 4.90 Å². The van der Waals surface area contributed by atoms with Crippen LogP contribution in [0.3, 0.4) is 0 Å². The van der Waals surface area contributed by atoms with E-state index in [1.807, 2.05) is 13.8 Å². The molecule has 0 radical (unpaired) electrons. The molecule has 0 aromatic rings. The fourth-order valence-electron chi connectivity index (χ4n) is 1.78. The lowest BCUT2D eigenvalue weighted by atomic mass is 9.84. The highest BCUT2D eigenvalue weighted by atomic mass is 19.1. The van der Waals surface area contributed by atoms with Crippen LogP contribution in [0.4, 0.5) is 4.39 Å². The summed E-state index contributed by atoms with van der Waals surface area (Å²) in [4.78, 5) is 12.7. The summed E-state index contributed by atoms with van der Waals surface area (Å²) < 4.78 is 14.1. The number of nitrogens with zero attached hydrogens (tertiary/aromatic N) is 1. The lowest BCUT2D eigenvalue weighted by Gasteiger charge is -2.39. The van der Waals surface area contributed by atoms with Gasteiger partial charge in [-0.1, -0.05) is 13.8 Å². The lowest BCUT2D eigenvalue weighted by molar-refractivity contribution is -0.134. The Bertz CT molecular complexity index is 205. The molecular weight excluding hydrogens is 169 g/mol. The van der Waals surface area contributed by atoms with Crippen molar-refractivity contribution in [3.63, 3.8) is 0 Å². The Hall–Kier alpha value is -0.600. The first-order valence-electron chi connectivity index (χ1n) is 4.90. The molecule has 1 atom stereocenters. The topological polar surface area (TPSA) is 20.3 Å². The highest BCUT2D eigenvalue weighted by Gasteiger charge is 2.38. The second-order valence-corrected chi connectivity index (χ2v) is 4.23. The SMILES string of the molecule is CC(=O)N1CCCC(F)(C(C)C)C1. The van der Waals surface area contributed by atoms with Crippen LogP contribution < -0.4 is 0 Å². The summed E-state index contributed by atoms with van der Waals surface area (Å²) in [5.41, 5.74) is -1.16. The Morgan fingerprint density at radius 1 is 1.54 bits per heavy atom. The van der Waals surface area contributed by atoms with Crippen molar-refractivity contribution < 1.29 is 9.18 Å². The predicted molar refractivity (Wildman–Crippen MR) is 50.2 cm³/mol. The largest absolute Gasteiger partial charge is 0.340 e. The molecule has 1 aliphatic rings. The molecule has 0 aromatic carbocycles. The molecule has 0 saturated carbocycles. The van der Waals surface area contributed by atoms with Crippen LogP contribution in [-0.4, -0.2) is 29.6 Å². The number of piperidine rings is 1. The Balaban J connectivity index is 2.65. The van der Waals surface area contributed by atoms with Crippen LogP contribution in [0.5, 0.6) is 0 Å². The van der Waals surface area contributed by atoms with Crippen molar-refractivity contribution in [2.45, 2.75) is 39.3 Å². The van der Waals surface area contributed by atoms with Crippen LogP contribution in [0.15, 0.2) is 0 Å². The van der Waals surface area contributed by atoms with E-state index >= 15 is 0 Å². The number of hydrogen-bond donors (Lipinski definition) is 0. The molecule has 1 amide bonds. The molecule has 0 spiro atoms. The second-order valence-electron chi connectivity index (χ2n) is 4.23. The molecule has 76 valence electrons. The lowest BCUT2D eigenvalue weighted by Crippen LogP contribution is -2.49. The molecule has 0 aliphatic carbocycles. The minimum Gasteiger partial charge on any atom is -0.340 e. The molecule has 0 aromatic heterocycles. The molecule has 13 heavy (non-hydrogen) atoms. The maximum absolute atomic E-state index is 14.1. The van der Waals surface area contributed by atoms with Crippen LogP contribution in [0, 0.1) is 5.92 Å². The molecule has 1 heterocycles. The van der Waals surface area contributed by atoms with Gasteiger partial charge >= 0.3 is 0 Å². The number of likely N-dealkylation sites (tertiary alicyclic amines) is 1. The summed E-state index contributed by atoms with van der Waals surface area (Å²) >= 11 is 0. The fraction of sp³-hybridized carbons (Fsp3) is 0.900. The predicted octanol–water partition coefficient (Wildman–Crippen LogP) is 1.99. The minimum atomic E-state index is -1.16. The van der Waals surface area contributed by atoms with Crippen molar-refractivity contribution in [2.75, 3.05) is 13.1 Å². The fourth-order valence-corrected chi connectivity index (χ4v) is 1.78. The number of amides is 1. The average molecular weight is 187 g/mol. The van der Waals surface area contributed by atoms with Crippen molar-refractivity contribution in [3.05, 3.63) is 0 Å². The van der Waals surface area contributed by atoms with Gasteiger partial charge in [0.05, 0.1) is 6.54 Å². The first kappa shape index (κ1) is 10.5. The van der Waals surface area contributed by atoms with Gasteiger partial charge in [0.2, 0.25) is 5.91 Å². The second kappa shape index (κ2) is 3.64. The molecule has 3 heteroatoms. The van der Waals surface area contributed by atoms with Crippen molar-refractivity contribution in [2.24, 2.45) is 5.92 Å². The zero-order valence-corrected chi connectivity index (χ0v) is 8.64. The van der Waals surface area contributed by atoms with Gasteiger partial charge in [-0.2, -0.15) is 0 Å². The standard InChI is InChI=1S/C10H18FNO/c1-8(2)10(11)5-4-6-12(7-10)9(3)13/h8H,4-7H2,1-3H3. The van der Waals surface area contributed by atoms with E-state index in [0.717, 1.165) is 6.42 Å². The average Bonchev–Trinajstić information content (AvgIpc) is 2.04. The first-order chi connectivity index (χ1) is 5.96. The quantitative estimate of drug-likeness (QED) is 0.614. The molecule has 2 nitrogen and oxygen atoms in total. The minimum absolute atomic E-state index is 0.00495. The third-order valence-corrected chi connectivity index (χ3v) is 2.95. The number of alkyl halides is 1. The summed E-state index contributed by atoms with van der Waals surface area (Å²) in [7, 11) is 0. The zero-order chi connectivity index (χ0) is 10.1. The number of rotatable bonds is 1. The molecule has 1 rings (SSSR count). The van der Waals surface area contributed by atoms with E-state index in [0.29, 0.717) is 13.0 Å². The third kappa shape index (κ3) is 2.20. The van der Waals surface area contributed by atoms with Crippen molar-refractivity contribution in [1.82, 2.24) is 4.90 Å². The van der Waals surface area contributed by atoms with Gasteiger partial charge in [0.15, 0.2) is 0 Å². The molecule has 1 unspecified atom stereocenters. The van der Waals surface area contributed by atoms with E-state index < -0.39 is 5.67 Å². The highest BCUT2D eigenvalue weighted by molar-refractivity contribution is 5.73. The Kier molecular flexibility index (Phi) is 2.94. The first-order valence-corrected chi connectivity index (χ1v) is 4.90. The van der Waals surface area contributed by atoms with Crippen molar-refractivity contribution in [1.29, 1.82) is 0 Å². The smallest absolute Gasteiger partial charge is 0.219 e. The van der Waals surface area contributed by atoms with Gasteiger partial charge in [-0.15, -0.1) is 0 Å². The van der Waals surface area contributed by atoms with Gasteiger partial charge in [0, 0.05) is 13.5 Å². The van der Waals surface area contributed by atoms with Crippen molar-refractivity contribution in [3.8, 4) is 0 Å². The van der Waals surface area contributed by atoms with Crippen LogP contribution in [0.1, 0.15) is 33.6 Å². The molecule has 1 saturated heterocycles. The maximum atomic E-state index is 14.1.